The third-order valence-electron chi connectivity index (χ3n) is 6.34. The summed E-state index contributed by atoms with van der Waals surface area (Å²) in [5.74, 6) is 5.57. The average Bonchev–Trinajstić information content (AvgIpc) is 3.18. The summed E-state index contributed by atoms with van der Waals surface area (Å²) in [5.41, 5.74) is 1.46. The van der Waals surface area contributed by atoms with Crippen LogP contribution < -0.4 is 0 Å². The van der Waals surface area contributed by atoms with Crippen LogP contribution in [0.5, 0.6) is 0 Å². The normalized spacial score (nSPS) is 41.1. The second-order valence-electron chi connectivity index (χ2n) is 7.42. The van der Waals surface area contributed by atoms with Crippen molar-refractivity contribution in [3.63, 3.8) is 0 Å². The lowest BCUT2D eigenvalue weighted by Crippen LogP contribution is -2.28. The molecule has 2 heteroatoms. The fraction of sp³-hybridized carbons (Fsp3) is 0.800. The lowest BCUT2D eigenvalue weighted by Gasteiger charge is -2.36. The monoisotopic (exact) mass is 304 g/mol. The summed E-state index contributed by atoms with van der Waals surface area (Å²) < 4.78 is 11.3. The summed E-state index contributed by atoms with van der Waals surface area (Å²) in [6.07, 6.45) is 10.4. The summed E-state index contributed by atoms with van der Waals surface area (Å²) >= 11 is 0. The van der Waals surface area contributed by atoms with E-state index >= 15 is 0 Å². The van der Waals surface area contributed by atoms with Crippen LogP contribution in [0.3, 0.4) is 0 Å². The third-order valence-corrected chi connectivity index (χ3v) is 6.34. The summed E-state index contributed by atoms with van der Waals surface area (Å²) in [7, 11) is 0. The predicted octanol–water partition coefficient (Wildman–Crippen LogP) is 4.96. The summed E-state index contributed by atoms with van der Waals surface area (Å²) in [4.78, 5) is 0. The minimum absolute atomic E-state index is 0.342. The lowest BCUT2D eigenvalue weighted by molar-refractivity contribution is 0.155. The molecular formula is C20H32O2. The van der Waals surface area contributed by atoms with Gasteiger partial charge in [-0.1, -0.05) is 38.8 Å². The number of ether oxygens (including phenoxy) is 2. The molecule has 1 heterocycles. The van der Waals surface area contributed by atoms with E-state index in [1.54, 1.807) is 0 Å². The number of rotatable bonds is 7. The van der Waals surface area contributed by atoms with Crippen molar-refractivity contribution in [3.8, 4) is 0 Å². The minimum Gasteiger partial charge on any atom is -0.495 e. The molecule has 124 valence electrons. The van der Waals surface area contributed by atoms with Gasteiger partial charge in [-0.25, -0.2) is 0 Å². The number of allylic oxidation sites excluding steroid dienone is 4. The molecule has 0 amide bonds. The number of hydrogen-bond acceptors (Lipinski definition) is 2. The van der Waals surface area contributed by atoms with Crippen molar-refractivity contribution >= 4 is 0 Å². The molecule has 0 aromatic heterocycles. The van der Waals surface area contributed by atoms with E-state index in [2.05, 4.69) is 39.8 Å². The summed E-state index contributed by atoms with van der Waals surface area (Å²) in [6.45, 7) is 10.6. The van der Waals surface area contributed by atoms with Gasteiger partial charge >= 0.3 is 0 Å². The maximum Gasteiger partial charge on any atom is 0.116 e. The molecule has 1 saturated heterocycles. The first kappa shape index (κ1) is 16.1. The molecule has 0 radical (unpaired) electrons. The SMILES string of the molecule is C/C=C\C(=C(/C)OCC1CO1)C1CC2CC1C(CC)C2CC. The van der Waals surface area contributed by atoms with Gasteiger partial charge in [-0.05, 0) is 61.9 Å². The van der Waals surface area contributed by atoms with Crippen molar-refractivity contribution in [1.29, 1.82) is 0 Å². The molecule has 2 nitrogen and oxygen atoms in total. The van der Waals surface area contributed by atoms with E-state index < -0.39 is 0 Å². The van der Waals surface area contributed by atoms with E-state index in [1.165, 1.54) is 31.3 Å². The summed E-state index contributed by atoms with van der Waals surface area (Å²) in [5, 5.41) is 0. The first-order valence-corrected chi connectivity index (χ1v) is 9.27. The highest BCUT2D eigenvalue weighted by atomic mass is 16.6. The van der Waals surface area contributed by atoms with Gasteiger partial charge < -0.3 is 9.47 Å². The predicted molar refractivity (Wildman–Crippen MR) is 90.5 cm³/mol. The van der Waals surface area contributed by atoms with E-state index in [4.69, 9.17) is 9.47 Å². The van der Waals surface area contributed by atoms with Crippen LogP contribution in [0, 0.1) is 29.6 Å². The van der Waals surface area contributed by atoms with Crippen molar-refractivity contribution in [3.05, 3.63) is 23.5 Å². The molecule has 3 aliphatic rings. The highest BCUT2D eigenvalue weighted by Gasteiger charge is 2.51. The molecule has 2 saturated carbocycles. The van der Waals surface area contributed by atoms with Gasteiger partial charge in [-0.3, -0.25) is 0 Å². The van der Waals surface area contributed by atoms with Crippen LogP contribution in [0.15, 0.2) is 23.5 Å². The van der Waals surface area contributed by atoms with Gasteiger partial charge in [0, 0.05) is 0 Å². The number of fused-ring (bicyclic) bond motifs is 2. The maximum absolute atomic E-state index is 6.03. The summed E-state index contributed by atoms with van der Waals surface area (Å²) in [6, 6.07) is 0. The van der Waals surface area contributed by atoms with Crippen molar-refractivity contribution < 1.29 is 9.47 Å². The molecule has 6 atom stereocenters. The maximum atomic E-state index is 6.03. The Morgan fingerprint density at radius 2 is 1.91 bits per heavy atom. The first-order chi connectivity index (χ1) is 10.7. The van der Waals surface area contributed by atoms with Crippen molar-refractivity contribution in [2.75, 3.05) is 13.2 Å². The van der Waals surface area contributed by atoms with E-state index in [1.807, 2.05) is 0 Å². The average molecular weight is 304 g/mol. The van der Waals surface area contributed by atoms with E-state index in [0.717, 1.165) is 42.6 Å². The molecule has 22 heavy (non-hydrogen) atoms. The highest BCUT2D eigenvalue weighted by Crippen LogP contribution is 2.59. The van der Waals surface area contributed by atoms with Gasteiger partial charge in [-0.15, -0.1) is 0 Å². The fourth-order valence-electron chi connectivity index (χ4n) is 5.35. The van der Waals surface area contributed by atoms with E-state index in [0.29, 0.717) is 12.0 Å². The highest BCUT2D eigenvalue weighted by molar-refractivity contribution is 5.28. The quantitative estimate of drug-likeness (QED) is 0.377. The second kappa shape index (κ2) is 6.78. The van der Waals surface area contributed by atoms with Gasteiger partial charge in [0.2, 0.25) is 0 Å². The van der Waals surface area contributed by atoms with Gasteiger partial charge in [0.05, 0.1) is 12.4 Å². The molecule has 2 bridgehead atoms. The molecule has 0 aromatic carbocycles. The van der Waals surface area contributed by atoms with Crippen LogP contribution in [0.2, 0.25) is 0 Å². The topological polar surface area (TPSA) is 21.8 Å². The third kappa shape index (κ3) is 2.99. The molecule has 0 N–H and O–H groups in total. The van der Waals surface area contributed by atoms with Gasteiger partial charge in [0.25, 0.3) is 0 Å². The Morgan fingerprint density at radius 1 is 1.18 bits per heavy atom. The Kier molecular flexibility index (Phi) is 4.97. The lowest BCUT2D eigenvalue weighted by atomic mass is 9.69. The van der Waals surface area contributed by atoms with Gasteiger partial charge in [0.15, 0.2) is 0 Å². The molecule has 2 aliphatic carbocycles. The molecule has 0 spiro atoms. The Bertz CT molecular complexity index is 447. The Morgan fingerprint density at radius 3 is 2.50 bits per heavy atom. The van der Waals surface area contributed by atoms with Crippen molar-refractivity contribution in [1.82, 2.24) is 0 Å². The minimum atomic E-state index is 0.342. The van der Waals surface area contributed by atoms with Crippen LogP contribution in [-0.2, 0) is 9.47 Å². The first-order valence-electron chi connectivity index (χ1n) is 9.27. The Labute approximate surface area is 136 Å². The Hall–Kier alpha value is -0.760. The molecule has 0 aromatic rings. The van der Waals surface area contributed by atoms with Crippen LogP contribution >= 0.6 is 0 Å². The van der Waals surface area contributed by atoms with E-state index in [9.17, 15) is 0 Å². The number of epoxide rings is 1. The molecule has 6 unspecified atom stereocenters. The molecule has 3 fully saturated rings. The van der Waals surface area contributed by atoms with Crippen LogP contribution in [0.1, 0.15) is 53.4 Å². The molecular weight excluding hydrogens is 272 g/mol. The largest absolute Gasteiger partial charge is 0.495 e. The van der Waals surface area contributed by atoms with Crippen LogP contribution in [0.4, 0.5) is 0 Å². The van der Waals surface area contributed by atoms with Crippen LogP contribution in [-0.4, -0.2) is 19.3 Å². The van der Waals surface area contributed by atoms with Crippen molar-refractivity contribution in [2.45, 2.75) is 59.5 Å². The zero-order valence-corrected chi connectivity index (χ0v) is 14.7. The smallest absolute Gasteiger partial charge is 0.116 e. The Balaban J connectivity index is 1.76. The van der Waals surface area contributed by atoms with Crippen molar-refractivity contribution in [2.24, 2.45) is 29.6 Å². The molecule has 3 rings (SSSR count). The molecule has 1 aliphatic heterocycles. The van der Waals surface area contributed by atoms with Gasteiger partial charge in [-0.2, -0.15) is 0 Å². The van der Waals surface area contributed by atoms with Gasteiger partial charge in [0.1, 0.15) is 12.7 Å². The fourth-order valence-corrected chi connectivity index (χ4v) is 5.35. The second-order valence-corrected chi connectivity index (χ2v) is 7.42. The van der Waals surface area contributed by atoms with E-state index in [-0.39, 0.29) is 0 Å². The zero-order chi connectivity index (χ0) is 15.7. The zero-order valence-electron chi connectivity index (χ0n) is 14.7. The standard InChI is InChI=1S/C20H32O2/c1-5-8-18(13(4)21-11-15-12-22-15)20-10-14-9-19(20)17(7-3)16(14)6-2/h5,8,14-17,19-20H,6-7,9-12H2,1-4H3/b8-5-,18-13-. The number of hydrogen-bond donors (Lipinski definition) is 0. The van der Waals surface area contributed by atoms with Crippen LogP contribution in [0.25, 0.3) is 0 Å².